The van der Waals surface area contributed by atoms with E-state index < -0.39 is 11.5 Å². The van der Waals surface area contributed by atoms with Crippen LogP contribution in [0.25, 0.3) is 0 Å². The van der Waals surface area contributed by atoms with Gasteiger partial charge in [0, 0.05) is 12.7 Å². The Morgan fingerprint density at radius 1 is 1.71 bits per heavy atom. The maximum absolute atomic E-state index is 11.0. The lowest BCUT2D eigenvalue weighted by atomic mass is 9.92. The highest BCUT2D eigenvalue weighted by molar-refractivity contribution is 6.31. The molecule has 0 radical (unpaired) electrons. The van der Waals surface area contributed by atoms with Gasteiger partial charge in [-0.3, -0.25) is 9.48 Å². The molecular formula is C11H18ClN3O2. The molecule has 0 aromatic carbocycles. The van der Waals surface area contributed by atoms with E-state index in [1.807, 2.05) is 6.92 Å². The third-order valence-electron chi connectivity index (χ3n) is 2.95. The number of rotatable bonds is 6. The van der Waals surface area contributed by atoms with Crippen molar-refractivity contribution in [2.45, 2.75) is 45.2 Å². The molecule has 1 rings (SSSR count). The highest BCUT2D eigenvalue weighted by Crippen LogP contribution is 2.17. The number of nitrogens with two attached hydrogens (primary N) is 1. The van der Waals surface area contributed by atoms with Crippen LogP contribution in [-0.2, 0) is 11.3 Å². The molecule has 0 bridgehead atoms. The number of aryl methyl sites for hydroxylation is 2. The number of nitrogens with zero attached hydrogens (tertiary/aromatic N) is 2. The topological polar surface area (TPSA) is 81.1 Å². The summed E-state index contributed by atoms with van der Waals surface area (Å²) in [6.45, 7) is 4.23. The SMILES string of the molecule is CCC(N)(CCCn1cc(Cl)c(C)n1)C(=O)O. The van der Waals surface area contributed by atoms with E-state index in [1.165, 1.54) is 0 Å². The minimum atomic E-state index is -1.13. The third-order valence-corrected chi connectivity index (χ3v) is 3.32. The second-order valence-electron chi connectivity index (χ2n) is 4.24. The minimum Gasteiger partial charge on any atom is -0.480 e. The Morgan fingerprint density at radius 2 is 2.35 bits per heavy atom. The molecule has 17 heavy (non-hydrogen) atoms. The molecule has 1 heterocycles. The number of hydrogen-bond acceptors (Lipinski definition) is 3. The Labute approximate surface area is 106 Å². The minimum absolute atomic E-state index is 0.418. The number of carboxylic acids is 1. The maximum atomic E-state index is 11.0. The molecule has 5 nitrogen and oxygen atoms in total. The van der Waals surface area contributed by atoms with E-state index in [9.17, 15) is 4.79 Å². The Bertz CT molecular complexity index is 386. The fraction of sp³-hybridized carbons (Fsp3) is 0.636. The lowest BCUT2D eigenvalue weighted by Crippen LogP contribution is -2.47. The van der Waals surface area contributed by atoms with Crippen molar-refractivity contribution < 1.29 is 9.90 Å². The van der Waals surface area contributed by atoms with Gasteiger partial charge in [-0.25, -0.2) is 0 Å². The van der Waals surface area contributed by atoms with Gasteiger partial charge in [0.1, 0.15) is 5.54 Å². The quantitative estimate of drug-likeness (QED) is 0.817. The van der Waals surface area contributed by atoms with E-state index in [4.69, 9.17) is 22.4 Å². The summed E-state index contributed by atoms with van der Waals surface area (Å²) in [5.41, 5.74) is 5.43. The van der Waals surface area contributed by atoms with E-state index in [2.05, 4.69) is 5.10 Å². The normalized spacial score (nSPS) is 14.6. The number of hydrogen-bond donors (Lipinski definition) is 2. The predicted octanol–water partition coefficient (Wildman–Crippen LogP) is 1.82. The van der Waals surface area contributed by atoms with Crippen molar-refractivity contribution in [3.8, 4) is 0 Å². The monoisotopic (exact) mass is 259 g/mol. The molecule has 96 valence electrons. The lowest BCUT2D eigenvalue weighted by Gasteiger charge is -2.22. The molecule has 0 aliphatic heterocycles. The number of aliphatic carboxylic acids is 1. The molecule has 0 amide bonds. The van der Waals surface area contributed by atoms with Crippen LogP contribution in [0.4, 0.5) is 0 Å². The first-order chi connectivity index (χ1) is 7.89. The summed E-state index contributed by atoms with van der Waals surface area (Å²) in [5, 5.41) is 13.8. The van der Waals surface area contributed by atoms with Gasteiger partial charge >= 0.3 is 5.97 Å². The van der Waals surface area contributed by atoms with Crippen LogP contribution >= 0.6 is 11.6 Å². The van der Waals surface area contributed by atoms with Crippen LogP contribution in [0.1, 0.15) is 31.9 Å². The molecule has 1 aromatic heterocycles. The van der Waals surface area contributed by atoms with Crippen molar-refractivity contribution in [3.63, 3.8) is 0 Å². The molecule has 3 N–H and O–H groups in total. The molecule has 0 aliphatic rings. The van der Waals surface area contributed by atoms with Gasteiger partial charge in [0.05, 0.1) is 10.7 Å². The summed E-state index contributed by atoms with van der Waals surface area (Å²) in [5.74, 6) is -0.949. The molecule has 0 aliphatic carbocycles. The van der Waals surface area contributed by atoms with Crippen LogP contribution < -0.4 is 5.73 Å². The van der Waals surface area contributed by atoms with E-state index in [-0.39, 0.29) is 0 Å². The molecule has 0 fully saturated rings. The first-order valence-electron chi connectivity index (χ1n) is 5.61. The number of carboxylic acid groups (broad SMARTS) is 1. The van der Waals surface area contributed by atoms with Crippen LogP contribution in [0.3, 0.4) is 0 Å². The summed E-state index contributed by atoms with van der Waals surface area (Å²) >= 11 is 5.87. The van der Waals surface area contributed by atoms with Crippen LogP contribution in [0.2, 0.25) is 5.02 Å². The van der Waals surface area contributed by atoms with Gasteiger partial charge in [0.15, 0.2) is 0 Å². The van der Waals surface area contributed by atoms with Gasteiger partial charge < -0.3 is 10.8 Å². The highest BCUT2D eigenvalue weighted by atomic mass is 35.5. The predicted molar refractivity (Wildman–Crippen MR) is 66.1 cm³/mol. The molecule has 0 saturated carbocycles. The van der Waals surface area contributed by atoms with Crippen LogP contribution in [0.5, 0.6) is 0 Å². The van der Waals surface area contributed by atoms with Crippen LogP contribution in [0.15, 0.2) is 6.20 Å². The average molecular weight is 260 g/mol. The van der Waals surface area contributed by atoms with Gasteiger partial charge in [-0.2, -0.15) is 5.10 Å². The van der Waals surface area contributed by atoms with Crippen LogP contribution in [0, 0.1) is 6.92 Å². The number of aromatic nitrogens is 2. The molecule has 1 atom stereocenters. The van der Waals surface area contributed by atoms with Crippen LogP contribution in [-0.4, -0.2) is 26.4 Å². The van der Waals surface area contributed by atoms with Gasteiger partial charge in [-0.05, 0) is 26.2 Å². The number of halogens is 1. The smallest absolute Gasteiger partial charge is 0.323 e. The summed E-state index contributed by atoms with van der Waals surface area (Å²) in [7, 11) is 0. The molecule has 6 heteroatoms. The Morgan fingerprint density at radius 3 is 2.76 bits per heavy atom. The summed E-state index contributed by atoms with van der Waals surface area (Å²) in [6, 6.07) is 0. The summed E-state index contributed by atoms with van der Waals surface area (Å²) in [4.78, 5) is 11.0. The highest BCUT2D eigenvalue weighted by Gasteiger charge is 2.30. The van der Waals surface area contributed by atoms with Crippen molar-refractivity contribution >= 4 is 17.6 Å². The van der Waals surface area contributed by atoms with E-state index >= 15 is 0 Å². The lowest BCUT2D eigenvalue weighted by molar-refractivity contribution is -0.143. The fourth-order valence-corrected chi connectivity index (χ4v) is 1.75. The van der Waals surface area contributed by atoms with Gasteiger partial charge in [0.25, 0.3) is 0 Å². The van der Waals surface area contributed by atoms with Crippen molar-refractivity contribution in [2.75, 3.05) is 0 Å². The summed E-state index contributed by atoms with van der Waals surface area (Å²) < 4.78 is 1.72. The third kappa shape index (κ3) is 3.44. The molecule has 0 saturated heterocycles. The molecule has 0 spiro atoms. The van der Waals surface area contributed by atoms with Crippen molar-refractivity contribution in [1.82, 2.24) is 9.78 Å². The second kappa shape index (κ2) is 5.51. The Balaban J connectivity index is 2.49. The van der Waals surface area contributed by atoms with E-state index in [0.29, 0.717) is 30.8 Å². The fourth-order valence-electron chi connectivity index (χ4n) is 1.60. The van der Waals surface area contributed by atoms with Gasteiger partial charge in [0.2, 0.25) is 0 Å². The number of carbonyl (C=O) groups is 1. The van der Waals surface area contributed by atoms with Crippen molar-refractivity contribution in [3.05, 3.63) is 16.9 Å². The average Bonchev–Trinajstić information content (AvgIpc) is 2.57. The Kier molecular flexibility index (Phi) is 4.54. The second-order valence-corrected chi connectivity index (χ2v) is 4.65. The Hall–Kier alpha value is -1.07. The van der Waals surface area contributed by atoms with Crippen molar-refractivity contribution in [1.29, 1.82) is 0 Å². The summed E-state index contributed by atoms with van der Waals surface area (Å²) in [6.07, 6.45) is 3.24. The first kappa shape index (κ1) is 14.0. The first-order valence-corrected chi connectivity index (χ1v) is 5.98. The largest absolute Gasteiger partial charge is 0.480 e. The zero-order chi connectivity index (χ0) is 13.1. The van der Waals surface area contributed by atoms with E-state index in [1.54, 1.807) is 17.8 Å². The van der Waals surface area contributed by atoms with Gasteiger partial charge in [-0.15, -0.1) is 0 Å². The standard InChI is InChI=1S/C11H18ClN3O2/c1-3-11(13,10(16)17)5-4-6-15-7-9(12)8(2)14-15/h7H,3-6,13H2,1-2H3,(H,16,17). The van der Waals surface area contributed by atoms with Gasteiger partial charge in [-0.1, -0.05) is 18.5 Å². The zero-order valence-electron chi connectivity index (χ0n) is 10.1. The molecular weight excluding hydrogens is 242 g/mol. The molecule has 1 unspecified atom stereocenters. The van der Waals surface area contributed by atoms with Crippen molar-refractivity contribution in [2.24, 2.45) is 5.73 Å². The maximum Gasteiger partial charge on any atom is 0.323 e. The molecule has 1 aromatic rings. The zero-order valence-corrected chi connectivity index (χ0v) is 10.9. The van der Waals surface area contributed by atoms with E-state index in [0.717, 1.165) is 5.69 Å².